The van der Waals surface area contributed by atoms with Crippen molar-refractivity contribution in [3.8, 4) is 69.0 Å². The minimum absolute atomic E-state index is 0.0182. The largest absolute Gasteiger partial charge is 0.508 e. The highest BCUT2D eigenvalue weighted by Gasteiger charge is 2.55. The Labute approximate surface area is 388 Å². The van der Waals surface area contributed by atoms with E-state index in [-0.39, 0.29) is 57.5 Å². The fourth-order valence-electron chi connectivity index (χ4n) is 12.0. The van der Waals surface area contributed by atoms with Crippen molar-refractivity contribution in [2.45, 2.75) is 47.7 Å². The van der Waals surface area contributed by atoms with Crippen molar-refractivity contribution in [3.05, 3.63) is 212 Å². The van der Waals surface area contributed by atoms with Crippen LogP contribution in [0.4, 0.5) is 0 Å². The first-order chi connectivity index (χ1) is 32.8. The molecule has 8 aromatic carbocycles. The van der Waals surface area contributed by atoms with E-state index in [4.69, 9.17) is 9.47 Å². The first-order valence-corrected chi connectivity index (χ1v) is 22.2. The van der Waals surface area contributed by atoms with Crippen LogP contribution in [0.2, 0.25) is 0 Å². The third-order valence-corrected chi connectivity index (χ3v) is 14.5. The van der Waals surface area contributed by atoms with Gasteiger partial charge >= 0.3 is 0 Å². The molecule has 0 saturated heterocycles. The van der Waals surface area contributed by atoms with Crippen molar-refractivity contribution in [3.63, 3.8) is 0 Å². The quantitative estimate of drug-likeness (QED) is 0.0780. The van der Waals surface area contributed by atoms with E-state index in [9.17, 15) is 51.1 Å². The van der Waals surface area contributed by atoms with Crippen LogP contribution < -0.4 is 9.47 Å². The van der Waals surface area contributed by atoms with Crippen LogP contribution in [0.5, 0.6) is 69.0 Å². The number of phenolic OH excluding ortho intramolecular Hbond substituents is 10. The van der Waals surface area contributed by atoms with Gasteiger partial charge in [-0.25, -0.2) is 0 Å². The maximum atomic E-state index is 12.5. The molecule has 2 aliphatic carbocycles. The summed E-state index contributed by atoms with van der Waals surface area (Å²) < 4.78 is 13.7. The van der Waals surface area contributed by atoms with Crippen LogP contribution in [0, 0.1) is 0 Å². The fraction of sp³-hybridized carbons (Fsp3) is 0.143. The molecule has 8 aromatic rings. The fourth-order valence-corrected chi connectivity index (χ4v) is 12.0. The Hall–Kier alpha value is -8.64. The van der Waals surface area contributed by atoms with Crippen molar-refractivity contribution in [2.75, 3.05) is 0 Å². The average Bonchev–Trinajstić information content (AvgIpc) is 3.81. The van der Waals surface area contributed by atoms with E-state index < -0.39 is 47.7 Å². The van der Waals surface area contributed by atoms with Crippen molar-refractivity contribution in [1.29, 1.82) is 0 Å². The van der Waals surface area contributed by atoms with Gasteiger partial charge in [-0.1, -0.05) is 48.5 Å². The molecule has 1 unspecified atom stereocenters. The predicted molar refractivity (Wildman–Crippen MR) is 248 cm³/mol. The first-order valence-electron chi connectivity index (χ1n) is 22.2. The molecule has 2 aliphatic heterocycles. The van der Waals surface area contributed by atoms with Crippen LogP contribution in [0.15, 0.2) is 146 Å². The Morgan fingerprint density at radius 2 is 0.559 bits per heavy atom. The molecule has 0 amide bonds. The number of fused-ring (bicyclic) bond motifs is 4. The molecule has 0 saturated carbocycles. The molecule has 12 rings (SSSR count). The smallest absolute Gasteiger partial charge is 0.135 e. The molecular weight excluding hydrogens is 865 g/mol. The minimum atomic E-state index is -0.918. The monoisotopic (exact) mass is 906 g/mol. The van der Waals surface area contributed by atoms with Gasteiger partial charge in [0.05, 0.1) is 11.8 Å². The first kappa shape index (κ1) is 40.8. The number of phenols is 10. The molecule has 338 valence electrons. The Morgan fingerprint density at radius 3 is 0.897 bits per heavy atom. The number of rotatable bonds is 5. The lowest BCUT2D eigenvalue weighted by Gasteiger charge is -2.40. The van der Waals surface area contributed by atoms with E-state index in [1.165, 1.54) is 24.3 Å². The van der Waals surface area contributed by atoms with Gasteiger partial charge in [-0.05, 0) is 117 Å². The zero-order chi connectivity index (χ0) is 46.9. The van der Waals surface area contributed by atoms with Gasteiger partial charge in [-0.2, -0.15) is 0 Å². The number of hydrogen-bond acceptors (Lipinski definition) is 12. The second-order valence-electron chi connectivity index (χ2n) is 18.2. The Bertz CT molecular complexity index is 3110. The van der Waals surface area contributed by atoms with Crippen LogP contribution in [-0.2, 0) is 0 Å². The molecule has 8 atom stereocenters. The van der Waals surface area contributed by atoms with E-state index in [0.717, 1.165) is 0 Å². The highest BCUT2D eigenvalue weighted by Crippen LogP contribution is 2.69. The Morgan fingerprint density at radius 1 is 0.265 bits per heavy atom. The number of ether oxygens (including phenoxy) is 2. The topological polar surface area (TPSA) is 221 Å². The lowest BCUT2D eigenvalue weighted by atomic mass is 9.62. The molecule has 12 heteroatoms. The van der Waals surface area contributed by atoms with E-state index >= 15 is 0 Å². The van der Waals surface area contributed by atoms with Crippen molar-refractivity contribution >= 4 is 0 Å². The van der Waals surface area contributed by atoms with Gasteiger partial charge in [-0.3, -0.25) is 0 Å². The molecule has 2 heterocycles. The third kappa shape index (κ3) is 6.20. The van der Waals surface area contributed by atoms with Crippen LogP contribution in [0.3, 0.4) is 0 Å². The average molecular weight is 907 g/mol. The van der Waals surface area contributed by atoms with E-state index in [1.807, 2.05) is 0 Å². The van der Waals surface area contributed by atoms with Gasteiger partial charge < -0.3 is 60.5 Å². The SMILES string of the molecule is Oc1ccc([C@@H]2c3c(O)cc(O)cc3C3c4c(cc(O)cc4[C@H]2[C@@H]2c4cc(O)cc5c4[C@@H](c4cc(O)cc(O)c4[C@H]2c2ccc(O)cc2)[C@H](c2ccc(O)cc2)O5)O[C@H]3c2ccc(O)cc2)cc1. The maximum Gasteiger partial charge on any atom is 0.135 e. The van der Waals surface area contributed by atoms with E-state index in [2.05, 4.69) is 0 Å². The molecule has 0 aromatic heterocycles. The number of hydrogen-bond donors (Lipinski definition) is 10. The van der Waals surface area contributed by atoms with Crippen molar-refractivity contribution < 1.29 is 60.5 Å². The lowest BCUT2D eigenvalue weighted by molar-refractivity contribution is 0.221. The second kappa shape index (κ2) is 14.9. The summed E-state index contributed by atoms with van der Waals surface area (Å²) in [4.78, 5) is 0. The minimum Gasteiger partial charge on any atom is -0.508 e. The molecule has 0 spiro atoms. The van der Waals surface area contributed by atoms with E-state index in [1.54, 1.807) is 121 Å². The molecular formula is C56H42O12. The van der Waals surface area contributed by atoms with E-state index in [0.29, 0.717) is 78.3 Å². The Kier molecular flexibility index (Phi) is 8.97. The van der Waals surface area contributed by atoms with Gasteiger partial charge in [-0.15, -0.1) is 0 Å². The summed E-state index contributed by atoms with van der Waals surface area (Å²) in [5.74, 6) is -5.69. The summed E-state index contributed by atoms with van der Waals surface area (Å²) in [5.41, 5.74) is 6.75. The van der Waals surface area contributed by atoms with Crippen molar-refractivity contribution in [1.82, 2.24) is 0 Å². The number of aromatic hydroxyl groups is 10. The maximum absolute atomic E-state index is 12.5. The third-order valence-electron chi connectivity index (χ3n) is 14.5. The molecule has 68 heavy (non-hydrogen) atoms. The zero-order valence-electron chi connectivity index (χ0n) is 35.8. The summed E-state index contributed by atoms with van der Waals surface area (Å²) >= 11 is 0. The van der Waals surface area contributed by atoms with Crippen LogP contribution in [0.25, 0.3) is 0 Å². The normalized spacial score (nSPS) is 22.6. The van der Waals surface area contributed by atoms with Crippen LogP contribution >= 0.6 is 0 Å². The number of benzene rings is 8. The highest BCUT2D eigenvalue weighted by atomic mass is 16.5. The van der Waals surface area contributed by atoms with Gasteiger partial charge in [0.2, 0.25) is 0 Å². The van der Waals surface area contributed by atoms with Crippen LogP contribution in [0.1, 0.15) is 114 Å². The molecule has 4 aliphatic rings. The Balaban J connectivity index is 1.25. The van der Waals surface area contributed by atoms with Gasteiger partial charge in [0.15, 0.2) is 0 Å². The predicted octanol–water partition coefficient (Wildman–Crippen LogP) is 10.4. The van der Waals surface area contributed by atoms with Gasteiger partial charge in [0.1, 0.15) is 81.2 Å². The second-order valence-corrected chi connectivity index (χ2v) is 18.2. The van der Waals surface area contributed by atoms with Gasteiger partial charge in [0.25, 0.3) is 0 Å². The summed E-state index contributed by atoms with van der Waals surface area (Å²) in [6, 6.07) is 38.4. The summed E-state index contributed by atoms with van der Waals surface area (Å²) in [6.07, 6.45) is -1.62. The lowest BCUT2D eigenvalue weighted by Crippen LogP contribution is -2.26. The standard InChI is InChI=1S/C56H42O12/c57-29-9-1-25(2-10-29)45-47-37(17-33(61)21-41(47)65)53-49-39(19-35(63)23-43(49)67-55(53)27-5-13-31(59)14-6-27)51(45)52-40-20-36(64)24-44-50(40)54(56(68-44)28-7-15-32(60)16-8-28)38-18-34(62)22-42(66)48(38)46(52)26-3-11-30(58)12-4-26/h1-24,45-46,51-66H/t45-,46-,51-,52-,53-,54?,55+,56+/m1/s1. The van der Waals surface area contributed by atoms with Gasteiger partial charge in [0, 0.05) is 70.2 Å². The summed E-state index contributed by atoms with van der Waals surface area (Å²) in [6.45, 7) is 0. The summed E-state index contributed by atoms with van der Waals surface area (Å²) in [7, 11) is 0. The molecule has 12 nitrogen and oxygen atoms in total. The molecule has 0 radical (unpaired) electrons. The van der Waals surface area contributed by atoms with Crippen LogP contribution in [-0.4, -0.2) is 51.1 Å². The summed E-state index contributed by atoms with van der Waals surface area (Å²) in [5, 5.41) is 114. The zero-order valence-corrected chi connectivity index (χ0v) is 35.8. The molecule has 0 bridgehead atoms. The molecule has 10 N–H and O–H groups in total. The highest BCUT2D eigenvalue weighted by molar-refractivity contribution is 5.71. The molecule has 0 fully saturated rings. The van der Waals surface area contributed by atoms with Crippen molar-refractivity contribution in [2.24, 2.45) is 0 Å².